The Morgan fingerprint density at radius 3 is 2.56 bits per heavy atom. The van der Waals surface area contributed by atoms with Gasteiger partial charge < -0.3 is 10.4 Å². The van der Waals surface area contributed by atoms with E-state index < -0.39 is 5.60 Å². The number of aliphatic hydroxyl groups is 1. The minimum Gasteiger partial charge on any atom is -0.389 e. The zero-order valence-electron chi connectivity index (χ0n) is 15.1. The third kappa shape index (κ3) is 5.65. The fourth-order valence-electron chi connectivity index (χ4n) is 2.58. The van der Waals surface area contributed by atoms with Crippen LogP contribution in [0.1, 0.15) is 26.5 Å². The van der Waals surface area contributed by atoms with Crippen LogP contribution in [0.5, 0.6) is 0 Å². The molecule has 1 aromatic heterocycles. The summed E-state index contributed by atoms with van der Waals surface area (Å²) in [4.78, 5) is 14.2. The summed E-state index contributed by atoms with van der Waals surface area (Å²) in [6.45, 7) is 8.38. The first-order valence-corrected chi connectivity index (χ1v) is 8.25. The molecule has 1 aromatic carbocycles. The molecule has 0 aliphatic carbocycles. The summed E-state index contributed by atoms with van der Waals surface area (Å²) in [5.74, 6) is -0.00815. The number of carbonyl (C=O) groups excluding carboxylic acids is 1. The first-order valence-electron chi connectivity index (χ1n) is 8.25. The van der Waals surface area contributed by atoms with Crippen LogP contribution in [0.2, 0.25) is 0 Å². The van der Waals surface area contributed by atoms with Crippen LogP contribution in [0.3, 0.4) is 0 Å². The van der Waals surface area contributed by atoms with Crippen LogP contribution in [-0.2, 0) is 4.79 Å². The molecule has 7 heteroatoms. The van der Waals surface area contributed by atoms with Gasteiger partial charge in [0.15, 0.2) is 0 Å². The Bertz CT molecular complexity index is 720. The van der Waals surface area contributed by atoms with Crippen molar-refractivity contribution in [3.05, 3.63) is 41.8 Å². The van der Waals surface area contributed by atoms with E-state index in [9.17, 15) is 14.3 Å². The van der Waals surface area contributed by atoms with Crippen molar-refractivity contribution in [3.63, 3.8) is 0 Å². The molecular weight excluding hydrogens is 323 g/mol. The molecule has 0 atom stereocenters. The van der Waals surface area contributed by atoms with Crippen molar-refractivity contribution in [2.75, 3.05) is 25.0 Å². The zero-order chi connectivity index (χ0) is 18.6. The molecule has 0 spiro atoms. The number of rotatable bonds is 7. The normalized spacial score (nSPS) is 11.8. The van der Waals surface area contributed by atoms with E-state index >= 15 is 0 Å². The molecule has 0 aliphatic rings. The molecule has 0 aliphatic heterocycles. The van der Waals surface area contributed by atoms with Crippen LogP contribution in [0, 0.1) is 12.7 Å². The Hall–Kier alpha value is -2.25. The van der Waals surface area contributed by atoms with Gasteiger partial charge in [0.2, 0.25) is 5.91 Å². The predicted molar refractivity (Wildman–Crippen MR) is 95.3 cm³/mol. The summed E-state index contributed by atoms with van der Waals surface area (Å²) in [6, 6.07) is 7.65. The Morgan fingerprint density at radius 1 is 1.36 bits per heavy atom. The summed E-state index contributed by atoms with van der Waals surface area (Å²) in [7, 11) is 0. The van der Waals surface area contributed by atoms with E-state index in [2.05, 4.69) is 10.4 Å². The molecule has 136 valence electrons. The lowest BCUT2D eigenvalue weighted by Crippen LogP contribution is -2.42. The number of anilines is 1. The molecule has 0 radical (unpaired) electrons. The van der Waals surface area contributed by atoms with Crippen molar-refractivity contribution in [2.24, 2.45) is 0 Å². The van der Waals surface area contributed by atoms with Crippen LogP contribution in [-0.4, -0.2) is 50.9 Å². The molecule has 6 nitrogen and oxygen atoms in total. The highest BCUT2D eigenvalue weighted by Crippen LogP contribution is 2.17. The van der Waals surface area contributed by atoms with E-state index in [1.54, 1.807) is 36.7 Å². The van der Waals surface area contributed by atoms with Crippen LogP contribution >= 0.6 is 0 Å². The maximum absolute atomic E-state index is 13.1. The standard InChI is InChI=1S/C18H25FN4O2/c1-5-22(12-18(3,4)25)11-17(24)20-16-10-13(2)21-23(16)15-8-6-14(19)7-9-15/h6-10,25H,5,11-12H2,1-4H3,(H,20,24). The van der Waals surface area contributed by atoms with Crippen molar-refractivity contribution in [1.82, 2.24) is 14.7 Å². The molecule has 0 saturated carbocycles. The number of carbonyl (C=O) groups is 1. The number of nitrogens with one attached hydrogen (secondary N) is 1. The third-order valence-electron chi connectivity index (χ3n) is 3.60. The van der Waals surface area contributed by atoms with Gasteiger partial charge in [0.25, 0.3) is 0 Å². The lowest BCUT2D eigenvalue weighted by Gasteiger charge is -2.27. The van der Waals surface area contributed by atoms with Gasteiger partial charge in [0.05, 0.1) is 23.5 Å². The number of halogens is 1. The number of amides is 1. The fourth-order valence-corrected chi connectivity index (χ4v) is 2.58. The summed E-state index contributed by atoms with van der Waals surface area (Å²) < 4.78 is 14.7. The molecular formula is C18H25FN4O2. The van der Waals surface area contributed by atoms with Crippen LogP contribution in [0.4, 0.5) is 10.2 Å². The van der Waals surface area contributed by atoms with E-state index in [-0.39, 0.29) is 18.3 Å². The fraction of sp³-hybridized carbons (Fsp3) is 0.444. The lowest BCUT2D eigenvalue weighted by atomic mass is 10.1. The minimum atomic E-state index is -0.872. The molecule has 0 unspecified atom stereocenters. The van der Waals surface area contributed by atoms with E-state index in [1.807, 2.05) is 18.7 Å². The van der Waals surface area contributed by atoms with Crippen LogP contribution in [0.15, 0.2) is 30.3 Å². The summed E-state index contributed by atoms with van der Waals surface area (Å²) in [5.41, 5.74) is 0.528. The topological polar surface area (TPSA) is 70.4 Å². The first-order chi connectivity index (χ1) is 11.7. The summed E-state index contributed by atoms with van der Waals surface area (Å²) in [6.07, 6.45) is 0. The summed E-state index contributed by atoms with van der Waals surface area (Å²) >= 11 is 0. The average molecular weight is 348 g/mol. The molecule has 0 fully saturated rings. The van der Waals surface area contributed by atoms with Gasteiger partial charge >= 0.3 is 0 Å². The van der Waals surface area contributed by atoms with Crippen LogP contribution in [0.25, 0.3) is 5.69 Å². The largest absolute Gasteiger partial charge is 0.389 e. The minimum absolute atomic E-state index is 0.161. The SMILES string of the molecule is CCN(CC(=O)Nc1cc(C)nn1-c1ccc(F)cc1)CC(C)(C)O. The van der Waals surface area contributed by atoms with Gasteiger partial charge in [-0.25, -0.2) is 9.07 Å². The predicted octanol–water partition coefficient (Wildman–Crippen LogP) is 2.35. The van der Waals surface area contributed by atoms with Gasteiger partial charge in [-0.1, -0.05) is 6.92 Å². The first kappa shape index (κ1) is 19.1. The average Bonchev–Trinajstić information content (AvgIpc) is 2.86. The molecule has 2 N–H and O–H groups in total. The Balaban J connectivity index is 2.12. The molecule has 25 heavy (non-hydrogen) atoms. The van der Waals surface area contributed by atoms with E-state index in [4.69, 9.17) is 0 Å². The number of nitrogens with zero attached hydrogens (tertiary/aromatic N) is 3. The molecule has 1 amide bonds. The van der Waals surface area contributed by atoms with Gasteiger partial charge in [0.1, 0.15) is 11.6 Å². The molecule has 1 heterocycles. The van der Waals surface area contributed by atoms with Crippen molar-refractivity contribution in [3.8, 4) is 5.69 Å². The molecule has 2 aromatic rings. The maximum Gasteiger partial charge on any atom is 0.239 e. The van der Waals surface area contributed by atoms with Crippen molar-refractivity contribution in [1.29, 1.82) is 0 Å². The lowest BCUT2D eigenvalue weighted by molar-refractivity contribution is -0.117. The highest BCUT2D eigenvalue weighted by Gasteiger charge is 2.20. The van der Waals surface area contributed by atoms with Crippen molar-refractivity contribution in [2.45, 2.75) is 33.3 Å². The number of aryl methyl sites for hydroxylation is 1. The number of hydrogen-bond donors (Lipinski definition) is 2. The van der Waals surface area contributed by atoms with E-state index in [0.29, 0.717) is 24.6 Å². The van der Waals surface area contributed by atoms with E-state index in [0.717, 1.165) is 5.69 Å². The Kier molecular flexibility index (Phi) is 5.92. The maximum atomic E-state index is 13.1. The zero-order valence-corrected chi connectivity index (χ0v) is 15.1. The number of hydrogen-bond acceptors (Lipinski definition) is 4. The highest BCUT2D eigenvalue weighted by atomic mass is 19.1. The molecule has 2 rings (SSSR count). The van der Waals surface area contributed by atoms with Crippen molar-refractivity contribution < 1.29 is 14.3 Å². The second kappa shape index (κ2) is 7.76. The summed E-state index contributed by atoms with van der Waals surface area (Å²) in [5, 5.41) is 17.1. The molecule has 0 saturated heterocycles. The molecule has 0 bridgehead atoms. The second-order valence-electron chi connectivity index (χ2n) is 6.72. The smallest absolute Gasteiger partial charge is 0.239 e. The van der Waals surface area contributed by atoms with Gasteiger partial charge in [-0.15, -0.1) is 0 Å². The van der Waals surface area contributed by atoms with Gasteiger partial charge in [0, 0.05) is 12.6 Å². The number of benzene rings is 1. The van der Waals surface area contributed by atoms with Crippen molar-refractivity contribution >= 4 is 11.7 Å². The second-order valence-corrected chi connectivity index (χ2v) is 6.72. The van der Waals surface area contributed by atoms with Gasteiger partial charge in [-0.3, -0.25) is 9.69 Å². The Morgan fingerprint density at radius 2 is 2.00 bits per heavy atom. The van der Waals surface area contributed by atoms with Gasteiger partial charge in [-0.2, -0.15) is 5.10 Å². The number of likely N-dealkylation sites (N-methyl/N-ethyl adjacent to an activating group) is 1. The highest BCUT2D eigenvalue weighted by molar-refractivity contribution is 5.91. The van der Waals surface area contributed by atoms with Gasteiger partial charge in [-0.05, 0) is 51.6 Å². The third-order valence-corrected chi connectivity index (χ3v) is 3.60. The monoisotopic (exact) mass is 348 g/mol. The van der Waals surface area contributed by atoms with E-state index in [1.165, 1.54) is 12.1 Å². The quantitative estimate of drug-likeness (QED) is 0.806. The Labute approximate surface area is 147 Å². The number of aromatic nitrogens is 2. The van der Waals surface area contributed by atoms with Crippen LogP contribution < -0.4 is 5.32 Å².